The lowest BCUT2D eigenvalue weighted by atomic mass is 10.0. The molecule has 15 heavy (non-hydrogen) atoms. The van der Waals surface area contributed by atoms with Crippen LogP contribution in [0.2, 0.25) is 0 Å². The summed E-state index contributed by atoms with van der Waals surface area (Å²) in [5, 5.41) is 0. The SMILES string of the molecule is Nc1cccc(-c2ccc(N)c(F)c2)c1. The zero-order valence-electron chi connectivity index (χ0n) is 8.07. The van der Waals surface area contributed by atoms with Gasteiger partial charge < -0.3 is 11.5 Å². The van der Waals surface area contributed by atoms with Crippen molar-refractivity contribution in [3.63, 3.8) is 0 Å². The Morgan fingerprint density at radius 1 is 0.867 bits per heavy atom. The van der Waals surface area contributed by atoms with Crippen LogP contribution in [0.15, 0.2) is 42.5 Å². The zero-order valence-corrected chi connectivity index (χ0v) is 8.07. The van der Waals surface area contributed by atoms with Crippen molar-refractivity contribution in [1.29, 1.82) is 0 Å². The Morgan fingerprint density at radius 2 is 1.60 bits per heavy atom. The van der Waals surface area contributed by atoms with Crippen molar-refractivity contribution in [2.24, 2.45) is 0 Å². The molecule has 2 aromatic rings. The fraction of sp³-hybridized carbons (Fsp3) is 0. The van der Waals surface area contributed by atoms with Crippen LogP contribution in [-0.4, -0.2) is 0 Å². The van der Waals surface area contributed by atoms with Crippen LogP contribution in [0.4, 0.5) is 15.8 Å². The highest BCUT2D eigenvalue weighted by Crippen LogP contribution is 2.24. The molecule has 0 fully saturated rings. The standard InChI is InChI=1S/C12H11FN2/c13-11-7-9(4-5-12(11)15)8-2-1-3-10(14)6-8/h1-7H,14-15H2. The van der Waals surface area contributed by atoms with E-state index in [1.54, 1.807) is 24.3 Å². The Balaban J connectivity index is 2.50. The van der Waals surface area contributed by atoms with Gasteiger partial charge in [-0.2, -0.15) is 0 Å². The summed E-state index contributed by atoms with van der Waals surface area (Å²) in [6.07, 6.45) is 0. The van der Waals surface area contributed by atoms with Crippen LogP contribution >= 0.6 is 0 Å². The molecule has 4 N–H and O–H groups in total. The second-order valence-electron chi connectivity index (χ2n) is 3.36. The highest BCUT2D eigenvalue weighted by molar-refractivity contribution is 5.68. The monoisotopic (exact) mass is 202 g/mol. The summed E-state index contributed by atoms with van der Waals surface area (Å²) in [5.41, 5.74) is 13.5. The Kier molecular flexibility index (Phi) is 2.29. The molecule has 0 radical (unpaired) electrons. The second-order valence-corrected chi connectivity index (χ2v) is 3.36. The summed E-state index contributed by atoms with van der Waals surface area (Å²) in [7, 11) is 0. The topological polar surface area (TPSA) is 52.0 Å². The van der Waals surface area contributed by atoms with E-state index in [4.69, 9.17) is 11.5 Å². The molecule has 0 heterocycles. The van der Waals surface area contributed by atoms with Gasteiger partial charge >= 0.3 is 0 Å². The predicted molar refractivity (Wildman–Crippen MR) is 60.7 cm³/mol. The average molecular weight is 202 g/mol. The largest absolute Gasteiger partial charge is 0.399 e. The van der Waals surface area contributed by atoms with Crippen molar-refractivity contribution >= 4 is 11.4 Å². The molecule has 0 bridgehead atoms. The molecule has 2 rings (SSSR count). The molecule has 0 spiro atoms. The predicted octanol–water partition coefficient (Wildman–Crippen LogP) is 2.66. The third-order valence-corrected chi connectivity index (χ3v) is 2.22. The van der Waals surface area contributed by atoms with Crippen LogP contribution < -0.4 is 11.5 Å². The van der Waals surface area contributed by atoms with Gasteiger partial charge in [0.1, 0.15) is 5.82 Å². The molecule has 0 saturated heterocycles. The van der Waals surface area contributed by atoms with E-state index in [2.05, 4.69) is 0 Å². The molecule has 0 aliphatic rings. The highest BCUT2D eigenvalue weighted by Gasteiger charge is 2.02. The molecule has 0 aliphatic carbocycles. The van der Waals surface area contributed by atoms with E-state index in [1.807, 2.05) is 12.1 Å². The van der Waals surface area contributed by atoms with Crippen molar-refractivity contribution in [3.05, 3.63) is 48.3 Å². The molecule has 0 aromatic heterocycles. The average Bonchev–Trinajstić information content (AvgIpc) is 2.22. The Morgan fingerprint density at radius 3 is 2.27 bits per heavy atom. The summed E-state index contributed by atoms with van der Waals surface area (Å²) >= 11 is 0. The Hall–Kier alpha value is -2.03. The molecule has 0 saturated carbocycles. The first-order valence-corrected chi connectivity index (χ1v) is 4.58. The number of nitrogen functional groups attached to an aromatic ring is 2. The van der Waals surface area contributed by atoms with E-state index in [0.717, 1.165) is 11.1 Å². The molecule has 0 amide bonds. The molecule has 76 valence electrons. The number of hydrogen-bond acceptors (Lipinski definition) is 2. The van der Waals surface area contributed by atoms with E-state index in [0.29, 0.717) is 5.69 Å². The van der Waals surface area contributed by atoms with Gasteiger partial charge in [0.15, 0.2) is 0 Å². The minimum absolute atomic E-state index is 0.155. The third-order valence-electron chi connectivity index (χ3n) is 2.22. The van der Waals surface area contributed by atoms with E-state index in [-0.39, 0.29) is 5.69 Å². The summed E-state index contributed by atoms with van der Waals surface area (Å²) in [6, 6.07) is 12.0. The van der Waals surface area contributed by atoms with Crippen LogP contribution in [-0.2, 0) is 0 Å². The molecule has 0 unspecified atom stereocenters. The van der Waals surface area contributed by atoms with Crippen LogP contribution in [0.3, 0.4) is 0 Å². The van der Waals surface area contributed by atoms with Crippen molar-refractivity contribution in [1.82, 2.24) is 0 Å². The van der Waals surface area contributed by atoms with Crippen LogP contribution in [0.5, 0.6) is 0 Å². The number of anilines is 2. The van der Waals surface area contributed by atoms with Crippen molar-refractivity contribution in [3.8, 4) is 11.1 Å². The van der Waals surface area contributed by atoms with Crippen molar-refractivity contribution < 1.29 is 4.39 Å². The van der Waals surface area contributed by atoms with E-state index in [1.165, 1.54) is 6.07 Å². The highest BCUT2D eigenvalue weighted by atomic mass is 19.1. The van der Waals surface area contributed by atoms with Gasteiger partial charge in [0.05, 0.1) is 5.69 Å². The maximum atomic E-state index is 13.2. The molecule has 0 atom stereocenters. The lowest BCUT2D eigenvalue weighted by molar-refractivity contribution is 0.633. The zero-order chi connectivity index (χ0) is 10.8. The fourth-order valence-electron chi connectivity index (χ4n) is 1.42. The fourth-order valence-corrected chi connectivity index (χ4v) is 1.42. The summed E-state index contributed by atoms with van der Waals surface area (Å²) < 4.78 is 13.2. The van der Waals surface area contributed by atoms with Gasteiger partial charge in [-0.1, -0.05) is 18.2 Å². The molecule has 0 aliphatic heterocycles. The van der Waals surface area contributed by atoms with Gasteiger partial charge in [0.25, 0.3) is 0 Å². The summed E-state index contributed by atoms with van der Waals surface area (Å²) in [4.78, 5) is 0. The second kappa shape index (κ2) is 3.61. The van der Waals surface area contributed by atoms with Crippen molar-refractivity contribution in [2.75, 3.05) is 11.5 Å². The van der Waals surface area contributed by atoms with Gasteiger partial charge in [0, 0.05) is 5.69 Å². The van der Waals surface area contributed by atoms with Gasteiger partial charge in [-0.3, -0.25) is 0 Å². The smallest absolute Gasteiger partial charge is 0.146 e. The van der Waals surface area contributed by atoms with Crippen LogP contribution in [0, 0.1) is 5.82 Å². The Labute approximate surface area is 87.3 Å². The normalized spacial score (nSPS) is 10.2. The van der Waals surface area contributed by atoms with Crippen LogP contribution in [0.25, 0.3) is 11.1 Å². The van der Waals surface area contributed by atoms with Gasteiger partial charge in [-0.25, -0.2) is 4.39 Å². The maximum absolute atomic E-state index is 13.2. The minimum atomic E-state index is -0.407. The molecule has 2 nitrogen and oxygen atoms in total. The number of rotatable bonds is 1. The number of halogens is 1. The lowest BCUT2D eigenvalue weighted by Gasteiger charge is -2.04. The molecule has 3 heteroatoms. The van der Waals surface area contributed by atoms with E-state index < -0.39 is 5.82 Å². The summed E-state index contributed by atoms with van der Waals surface area (Å²) in [6.45, 7) is 0. The van der Waals surface area contributed by atoms with E-state index in [9.17, 15) is 4.39 Å². The van der Waals surface area contributed by atoms with E-state index >= 15 is 0 Å². The molecular formula is C12H11FN2. The molecule has 2 aromatic carbocycles. The lowest BCUT2D eigenvalue weighted by Crippen LogP contribution is -1.91. The third kappa shape index (κ3) is 1.91. The first-order valence-electron chi connectivity index (χ1n) is 4.58. The van der Waals surface area contributed by atoms with Gasteiger partial charge in [-0.15, -0.1) is 0 Å². The van der Waals surface area contributed by atoms with Gasteiger partial charge in [-0.05, 0) is 35.4 Å². The quantitative estimate of drug-likeness (QED) is 0.698. The first kappa shape index (κ1) is 9.52. The maximum Gasteiger partial charge on any atom is 0.146 e. The Bertz CT molecular complexity index is 495. The van der Waals surface area contributed by atoms with Crippen LogP contribution in [0.1, 0.15) is 0 Å². The van der Waals surface area contributed by atoms with Crippen molar-refractivity contribution in [2.45, 2.75) is 0 Å². The first-order chi connectivity index (χ1) is 7.16. The number of benzene rings is 2. The summed E-state index contributed by atoms with van der Waals surface area (Å²) in [5.74, 6) is -0.407. The number of hydrogen-bond donors (Lipinski definition) is 2. The molecular weight excluding hydrogens is 191 g/mol. The number of nitrogens with two attached hydrogens (primary N) is 2. The minimum Gasteiger partial charge on any atom is -0.399 e. The van der Waals surface area contributed by atoms with Gasteiger partial charge in [0.2, 0.25) is 0 Å².